The summed E-state index contributed by atoms with van der Waals surface area (Å²) >= 11 is 0. The first kappa shape index (κ1) is 12.1. The largest absolute Gasteiger partial charge is 0.212 e. The van der Waals surface area contributed by atoms with Crippen LogP contribution in [0.25, 0.3) is 27.5 Å². The van der Waals surface area contributed by atoms with Crippen LogP contribution in [0.4, 0.5) is 0 Å². The molecule has 4 aromatic rings. The second-order valence-corrected chi connectivity index (χ2v) is 5.44. The lowest BCUT2D eigenvalue weighted by molar-refractivity contribution is 0.829. The maximum atomic E-state index is 4.34. The van der Waals surface area contributed by atoms with Crippen molar-refractivity contribution in [3.05, 3.63) is 65.7 Å². The number of fused-ring (bicyclic) bond motifs is 2. The van der Waals surface area contributed by atoms with Gasteiger partial charge in [0.05, 0.1) is 11.2 Å². The van der Waals surface area contributed by atoms with Gasteiger partial charge in [-0.1, -0.05) is 41.1 Å². The summed E-state index contributed by atoms with van der Waals surface area (Å²) in [4.78, 5) is 0. The van der Waals surface area contributed by atoms with E-state index in [1.54, 1.807) is 0 Å². The molecule has 0 atom stereocenters. The van der Waals surface area contributed by atoms with E-state index >= 15 is 0 Å². The topological polar surface area (TPSA) is 30.7 Å². The lowest BCUT2D eigenvalue weighted by Crippen LogP contribution is -1.98. The van der Waals surface area contributed by atoms with Gasteiger partial charge in [-0.2, -0.15) is 0 Å². The monoisotopic (exact) mass is 273 g/mol. The SMILES string of the molecule is Cc1cc(C)c2cccc(-n3nnc4ccccc43)c2c1. The molecule has 0 saturated carbocycles. The first-order valence-corrected chi connectivity index (χ1v) is 7.05. The number of para-hydroxylation sites is 1. The molecule has 0 radical (unpaired) electrons. The van der Waals surface area contributed by atoms with Crippen LogP contribution in [0.5, 0.6) is 0 Å². The van der Waals surface area contributed by atoms with Crippen molar-refractivity contribution in [2.75, 3.05) is 0 Å². The molecule has 0 aliphatic heterocycles. The molecule has 0 unspecified atom stereocenters. The van der Waals surface area contributed by atoms with E-state index in [4.69, 9.17) is 0 Å². The molecule has 0 aliphatic rings. The minimum absolute atomic E-state index is 0.916. The number of nitrogens with zero attached hydrogens (tertiary/aromatic N) is 3. The summed E-state index contributed by atoms with van der Waals surface area (Å²) in [6.07, 6.45) is 0. The Morgan fingerprint density at radius 2 is 1.71 bits per heavy atom. The predicted octanol–water partition coefficient (Wildman–Crippen LogP) is 4.19. The van der Waals surface area contributed by atoms with E-state index in [9.17, 15) is 0 Å². The summed E-state index contributed by atoms with van der Waals surface area (Å²) in [6.45, 7) is 4.28. The van der Waals surface area contributed by atoms with Gasteiger partial charge in [0.15, 0.2) is 0 Å². The van der Waals surface area contributed by atoms with E-state index in [0.29, 0.717) is 0 Å². The van der Waals surface area contributed by atoms with Gasteiger partial charge in [-0.05, 0) is 49.1 Å². The van der Waals surface area contributed by atoms with E-state index in [1.165, 1.54) is 21.9 Å². The van der Waals surface area contributed by atoms with Crippen molar-refractivity contribution >= 4 is 21.8 Å². The van der Waals surface area contributed by atoms with Crippen LogP contribution in [-0.2, 0) is 0 Å². The molecular formula is C18H15N3. The summed E-state index contributed by atoms with van der Waals surface area (Å²) in [5, 5.41) is 11.1. The Kier molecular flexibility index (Phi) is 2.54. The summed E-state index contributed by atoms with van der Waals surface area (Å²) in [6, 6.07) is 18.8. The predicted molar refractivity (Wildman–Crippen MR) is 85.8 cm³/mol. The van der Waals surface area contributed by atoms with Crippen molar-refractivity contribution in [2.45, 2.75) is 13.8 Å². The highest BCUT2D eigenvalue weighted by Gasteiger charge is 2.10. The zero-order valence-corrected chi connectivity index (χ0v) is 12.0. The summed E-state index contributed by atoms with van der Waals surface area (Å²) in [5.74, 6) is 0. The van der Waals surface area contributed by atoms with Crippen LogP contribution in [0.2, 0.25) is 0 Å². The molecule has 21 heavy (non-hydrogen) atoms. The minimum Gasteiger partial charge on any atom is -0.212 e. The third-order valence-corrected chi connectivity index (χ3v) is 3.90. The molecule has 102 valence electrons. The van der Waals surface area contributed by atoms with Crippen LogP contribution in [0.15, 0.2) is 54.6 Å². The Balaban J connectivity index is 2.11. The van der Waals surface area contributed by atoms with Gasteiger partial charge in [0.1, 0.15) is 5.52 Å². The lowest BCUT2D eigenvalue weighted by Gasteiger charge is -2.10. The van der Waals surface area contributed by atoms with Gasteiger partial charge in [0.2, 0.25) is 0 Å². The van der Waals surface area contributed by atoms with E-state index in [-0.39, 0.29) is 0 Å². The zero-order chi connectivity index (χ0) is 14.4. The smallest absolute Gasteiger partial charge is 0.113 e. The Bertz CT molecular complexity index is 967. The number of hydrogen-bond donors (Lipinski definition) is 0. The molecule has 0 amide bonds. The van der Waals surface area contributed by atoms with Crippen molar-refractivity contribution in [2.24, 2.45) is 0 Å². The first-order chi connectivity index (χ1) is 10.2. The molecule has 1 heterocycles. The highest BCUT2D eigenvalue weighted by atomic mass is 15.4. The highest BCUT2D eigenvalue weighted by Crippen LogP contribution is 2.27. The molecule has 0 N–H and O–H groups in total. The Labute approximate surface area is 122 Å². The molecule has 0 aliphatic carbocycles. The molecule has 0 spiro atoms. The Morgan fingerprint density at radius 3 is 2.62 bits per heavy atom. The fourth-order valence-electron chi connectivity index (χ4n) is 2.97. The molecule has 3 nitrogen and oxygen atoms in total. The molecule has 0 saturated heterocycles. The highest BCUT2D eigenvalue weighted by molar-refractivity contribution is 5.94. The Hall–Kier alpha value is -2.68. The summed E-state index contributed by atoms with van der Waals surface area (Å²) in [5.41, 5.74) is 5.57. The van der Waals surface area contributed by atoms with Gasteiger partial charge >= 0.3 is 0 Å². The van der Waals surface area contributed by atoms with Crippen molar-refractivity contribution < 1.29 is 0 Å². The van der Waals surface area contributed by atoms with E-state index in [0.717, 1.165) is 16.7 Å². The fraction of sp³-hybridized carbons (Fsp3) is 0.111. The molecule has 0 bridgehead atoms. The van der Waals surface area contributed by atoms with Gasteiger partial charge in [-0.25, -0.2) is 4.68 Å². The standard InChI is InChI=1S/C18H15N3/c1-12-10-13(2)14-6-5-9-17(15(14)11-12)21-18-8-4-3-7-16(18)19-20-21/h3-11H,1-2H3. The van der Waals surface area contributed by atoms with Crippen LogP contribution in [0, 0.1) is 13.8 Å². The van der Waals surface area contributed by atoms with Crippen LogP contribution >= 0.6 is 0 Å². The van der Waals surface area contributed by atoms with E-state index in [2.05, 4.69) is 60.6 Å². The fourth-order valence-corrected chi connectivity index (χ4v) is 2.97. The second kappa shape index (κ2) is 4.42. The molecule has 4 rings (SSSR count). The Morgan fingerprint density at radius 1 is 0.857 bits per heavy atom. The van der Waals surface area contributed by atoms with Crippen molar-refractivity contribution in [1.29, 1.82) is 0 Å². The quantitative estimate of drug-likeness (QED) is 0.520. The number of hydrogen-bond acceptors (Lipinski definition) is 2. The van der Waals surface area contributed by atoms with Gasteiger partial charge in [0, 0.05) is 5.39 Å². The zero-order valence-electron chi connectivity index (χ0n) is 12.0. The van der Waals surface area contributed by atoms with Gasteiger partial charge in [0.25, 0.3) is 0 Å². The van der Waals surface area contributed by atoms with E-state index < -0.39 is 0 Å². The minimum atomic E-state index is 0.916. The average Bonchev–Trinajstić information content (AvgIpc) is 2.90. The summed E-state index contributed by atoms with van der Waals surface area (Å²) in [7, 11) is 0. The average molecular weight is 273 g/mol. The van der Waals surface area contributed by atoms with Gasteiger partial charge in [-0.3, -0.25) is 0 Å². The molecule has 3 aromatic carbocycles. The molecule has 0 fully saturated rings. The molecule has 1 aromatic heterocycles. The molecular weight excluding hydrogens is 258 g/mol. The number of benzene rings is 3. The van der Waals surface area contributed by atoms with Crippen LogP contribution in [0.1, 0.15) is 11.1 Å². The lowest BCUT2D eigenvalue weighted by atomic mass is 10.0. The van der Waals surface area contributed by atoms with Crippen molar-refractivity contribution in [1.82, 2.24) is 15.0 Å². The second-order valence-electron chi connectivity index (χ2n) is 5.44. The van der Waals surface area contributed by atoms with Crippen LogP contribution in [-0.4, -0.2) is 15.0 Å². The normalized spacial score (nSPS) is 11.3. The third kappa shape index (κ3) is 1.82. The number of rotatable bonds is 1. The van der Waals surface area contributed by atoms with Crippen LogP contribution < -0.4 is 0 Å². The first-order valence-electron chi connectivity index (χ1n) is 7.05. The van der Waals surface area contributed by atoms with Gasteiger partial charge < -0.3 is 0 Å². The van der Waals surface area contributed by atoms with E-state index in [1.807, 2.05) is 22.9 Å². The maximum absolute atomic E-state index is 4.34. The number of aromatic nitrogens is 3. The van der Waals surface area contributed by atoms with Crippen LogP contribution in [0.3, 0.4) is 0 Å². The van der Waals surface area contributed by atoms with Crippen molar-refractivity contribution in [3.8, 4) is 5.69 Å². The van der Waals surface area contributed by atoms with Crippen molar-refractivity contribution in [3.63, 3.8) is 0 Å². The molecule has 3 heteroatoms. The maximum Gasteiger partial charge on any atom is 0.113 e. The summed E-state index contributed by atoms with van der Waals surface area (Å²) < 4.78 is 1.93. The number of aryl methyl sites for hydroxylation is 2. The van der Waals surface area contributed by atoms with Gasteiger partial charge in [-0.15, -0.1) is 5.10 Å². The third-order valence-electron chi connectivity index (χ3n) is 3.90.